The van der Waals surface area contributed by atoms with Crippen LogP contribution in [0.5, 0.6) is 0 Å². The third-order valence-electron chi connectivity index (χ3n) is 3.72. The molecule has 0 bridgehead atoms. The van der Waals surface area contributed by atoms with Crippen LogP contribution in [0.1, 0.15) is 6.92 Å². The quantitative estimate of drug-likeness (QED) is 0.346. The predicted molar refractivity (Wildman–Crippen MR) is 110 cm³/mol. The Morgan fingerprint density at radius 1 is 1.34 bits per heavy atom. The molecule has 0 aliphatic carbocycles. The summed E-state index contributed by atoms with van der Waals surface area (Å²) in [5, 5.41) is 6.75. The first-order chi connectivity index (χ1) is 14.0. The van der Waals surface area contributed by atoms with Crippen molar-refractivity contribution in [2.24, 2.45) is 0 Å². The number of nitrogens with zero attached hydrogens (tertiary/aromatic N) is 6. The van der Waals surface area contributed by atoms with E-state index in [9.17, 15) is 9.59 Å². The summed E-state index contributed by atoms with van der Waals surface area (Å²) in [6.07, 6.45) is 6.40. The summed E-state index contributed by atoms with van der Waals surface area (Å²) in [5.41, 5.74) is 2.10. The molecule has 0 saturated heterocycles. The molecule has 0 aromatic carbocycles. The fourth-order valence-electron chi connectivity index (χ4n) is 2.40. The number of hydrogen-bond acceptors (Lipinski definition) is 8. The van der Waals surface area contributed by atoms with Gasteiger partial charge in [-0.15, -0.1) is 6.58 Å². The number of carbonyl (C=O) groups is 2. The summed E-state index contributed by atoms with van der Waals surface area (Å²) >= 11 is 4.18. The maximum absolute atomic E-state index is 12.0. The minimum Gasteiger partial charge on any atom is -0.465 e. The number of anilines is 1. The molecule has 29 heavy (non-hydrogen) atoms. The van der Waals surface area contributed by atoms with Crippen molar-refractivity contribution in [3.8, 4) is 11.3 Å². The molecular formula is C18H19N7O3S. The first-order valence-corrected chi connectivity index (χ1v) is 9.11. The minimum absolute atomic E-state index is 0.00564. The number of aromatic nitrogens is 5. The van der Waals surface area contributed by atoms with Crippen LogP contribution in [0.3, 0.4) is 0 Å². The minimum atomic E-state index is -0.440. The highest BCUT2D eigenvalue weighted by molar-refractivity contribution is 7.82. The Morgan fingerprint density at radius 3 is 2.93 bits per heavy atom. The van der Waals surface area contributed by atoms with Crippen molar-refractivity contribution in [3.63, 3.8) is 0 Å². The van der Waals surface area contributed by atoms with E-state index in [0.29, 0.717) is 41.4 Å². The van der Waals surface area contributed by atoms with Crippen molar-refractivity contribution in [1.29, 1.82) is 0 Å². The molecule has 150 valence electrons. The molecule has 0 atom stereocenters. The second kappa shape index (κ2) is 9.15. The molecule has 0 spiro atoms. The number of urea groups is 1. The molecule has 0 aliphatic heterocycles. The highest BCUT2D eigenvalue weighted by Crippen LogP contribution is 2.21. The Hall–Kier alpha value is -3.47. The van der Waals surface area contributed by atoms with Crippen LogP contribution in [0.15, 0.2) is 43.4 Å². The summed E-state index contributed by atoms with van der Waals surface area (Å²) in [5.74, 6) is -0.0755. The Morgan fingerprint density at radius 2 is 2.17 bits per heavy atom. The maximum Gasteiger partial charge on any atom is 0.333 e. The monoisotopic (exact) mass is 413 g/mol. The Bertz CT molecular complexity index is 1050. The lowest BCUT2D eigenvalue weighted by Gasteiger charge is -2.15. The van der Waals surface area contributed by atoms with Crippen molar-refractivity contribution in [1.82, 2.24) is 30.0 Å². The lowest BCUT2D eigenvalue weighted by molar-refractivity contribution is -0.144. The van der Waals surface area contributed by atoms with Crippen LogP contribution >= 0.6 is 12.8 Å². The summed E-state index contributed by atoms with van der Waals surface area (Å²) in [6.45, 7) is 5.91. The van der Waals surface area contributed by atoms with Gasteiger partial charge < -0.3 is 10.1 Å². The van der Waals surface area contributed by atoms with Crippen LogP contribution in [-0.4, -0.2) is 49.9 Å². The number of esters is 1. The third kappa shape index (κ3) is 4.88. The average molecular weight is 413 g/mol. The zero-order valence-electron chi connectivity index (χ0n) is 15.6. The molecule has 10 nitrogen and oxygen atoms in total. The lowest BCUT2D eigenvalue weighted by atomic mass is 10.2. The van der Waals surface area contributed by atoms with Crippen LogP contribution in [-0.2, 0) is 16.1 Å². The van der Waals surface area contributed by atoms with Gasteiger partial charge in [-0.25, -0.2) is 19.1 Å². The molecule has 0 saturated carbocycles. The van der Waals surface area contributed by atoms with Crippen molar-refractivity contribution >= 4 is 41.8 Å². The van der Waals surface area contributed by atoms with Crippen molar-refractivity contribution in [3.05, 3.63) is 43.4 Å². The predicted octanol–water partition coefficient (Wildman–Crippen LogP) is 2.00. The fourth-order valence-corrected chi connectivity index (χ4v) is 2.59. The summed E-state index contributed by atoms with van der Waals surface area (Å²) in [7, 11) is 0. The second-order valence-corrected chi connectivity index (χ2v) is 6.19. The number of carbonyl (C=O) groups excluding carboxylic acids is 2. The molecule has 3 aromatic rings. The molecule has 3 aromatic heterocycles. The topological polar surface area (TPSA) is 115 Å². The van der Waals surface area contributed by atoms with Crippen LogP contribution in [0.25, 0.3) is 22.4 Å². The smallest absolute Gasteiger partial charge is 0.333 e. The Labute approximate surface area is 172 Å². The van der Waals surface area contributed by atoms with Gasteiger partial charge in [-0.05, 0) is 19.1 Å². The highest BCUT2D eigenvalue weighted by atomic mass is 32.1. The van der Waals surface area contributed by atoms with Crippen molar-refractivity contribution in [2.45, 2.75) is 13.5 Å². The maximum atomic E-state index is 12.0. The van der Waals surface area contributed by atoms with Gasteiger partial charge in [0, 0.05) is 18.3 Å². The number of hydrogen-bond donors (Lipinski definition) is 2. The molecule has 2 amide bonds. The van der Waals surface area contributed by atoms with E-state index in [0.717, 1.165) is 4.31 Å². The first kappa shape index (κ1) is 20.3. The van der Waals surface area contributed by atoms with Crippen LogP contribution < -0.4 is 9.62 Å². The van der Waals surface area contributed by atoms with E-state index < -0.39 is 6.03 Å². The number of ether oxygens (including phenoxy) is 1. The number of thiol groups is 1. The molecule has 3 heterocycles. The molecule has 1 N–H and O–H groups in total. The van der Waals surface area contributed by atoms with Gasteiger partial charge in [0.2, 0.25) is 0 Å². The average Bonchev–Trinajstić information content (AvgIpc) is 3.19. The van der Waals surface area contributed by atoms with Gasteiger partial charge in [0.15, 0.2) is 5.65 Å². The first-order valence-electron chi connectivity index (χ1n) is 8.71. The highest BCUT2D eigenvalue weighted by Gasteiger charge is 2.14. The summed E-state index contributed by atoms with van der Waals surface area (Å²) < 4.78 is 7.45. The SMILES string of the molecule is C=CCNC(=O)N(S)c1ccc2ncc(-c3cnn(CC(=O)OCC)c3)nc2n1. The van der Waals surface area contributed by atoms with Crippen molar-refractivity contribution in [2.75, 3.05) is 17.5 Å². The number of rotatable bonds is 7. The Balaban J connectivity index is 1.84. The van der Waals surface area contributed by atoms with Gasteiger partial charge in [-0.3, -0.25) is 14.5 Å². The molecule has 0 aliphatic rings. The molecule has 3 rings (SSSR count). The zero-order chi connectivity index (χ0) is 20.8. The third-order valence-corrected chi connectivity index (χ3v) is 4.11. The summed E-state index contributed by atoms with van der Waals surface area (Å²) in [6, 6.07) is 2.88. The van der Waals surface area contributed by atoms with Gasteiger partial charge in [-0.1, -0.05) is 18.9 Å². The molecule has 0 fully saturated rings. The number of nitrogens with one attached hydrogen (secondary N) is 1. The van der Waals surface area contributed by atoms with E-state index in [-0.39, 0.29) is 12.5 Å². The normalized spacial score (nSPS) is 10.6. The van der Waals surface area contributed by atoms with Crippen LogP contribution in [0.2, 0.25) is 0 Å². The van der Waals surface area contributed by atoms with Gasteiger partial charge in [0.25, 0.3) is 0 Å². The van der Waals surface area contributed by atoms with E-state index in [1.807, 2.05) is 0 Å². The second-order valence-electron chi connectivity index (χ2n) is 5.79. The summed E-state index contributed by atoms with van der Waals surface area (Å²) in [4.78, 5) is 36.8. The Kier molecular flexibility index (Phi) is 6.39. The van der Waals surface area contributed by atoms with Gasteiger partial charge >= 0.3 is 12.0 Å². The van der Waals surface area contributed by atoms with E-state index in [1.54, 1.807) is 43.7 Å². The van der Waals surface area contributed by atoms with E-state index >= 15 is 0 Å². The number of amides is 2. The van der Waals surface area contributed by atoms with Crippen molar-refractivity contribution < 1.29 is 14.3 Å². The molecule has 11 heteroatoms. The van der Waals surface area contributed by atoms with Gasteiger partial charge in [-0.2, -0.15) is 5.10 Å². The van der Waals surface area contributed by atoms with Crippen LogP contribution in [0, 0.1) is 0 Å². The van der Waals surface area contributed by atoms with E-state index in [4.69, 9.17) is 4.74 Å². The van der Waals surface area contributed by atoms with Gasteiger partial charge in [0.05, 0.1) is 24.7 Å². The molecule has 0 unspecified atom stereocenters. The molecular weight excluding hydrogens is 394 g/mol. The van der Waals surface area contributed by atoms with Gasteiger partial charge in [0.1, 0.15) is 17.9 Å². The van der Waals surface area contributed by atoms with Crippen LogP contribution in [0.4, 0.5) is 10.6 Å². The zero-order valence-corrected chi connectivity index (χ0v) is 16.5. The van der Waals surface area contributed by atoms with E-state index in [2.05, 4.69) is 44.8 Å². The largest absolute Gasteiger partial charge is 0.465 e. The fraction of sp³-hybridized carbons (Fsp3) is 0.222. The van der Waals surface area contributed by atoms with E-state index in [1.165, 1.54) is 4.68 Å². The molecule has 0 radical (unpaired) electrons. The number of pyridine rings is 1. The lowest BCUT2D eigenvalue weighted by Crippen LogP contribution is -2.34. The standard InChI is InChI=1S/C18H19N7O3S/c1-3-7-19-18(27)25(29)15-6-5-13-17(23-15)22-14(9-20-13)12-8-21-24(10-12)11-16(26)28-4-2/h3,5-6,8-10,29H,1,4,7,11H2,2H3,(H,19,27). The number of fused-ring (bicyclic) bond motifs is 1.